The fraction of sp³-hybridized carbons (Fsp3) is 0.520. The third-order valence-electron chi connectivity index (χ3n) is 7.69. The maximum atomic E-state index is 5.59. The van der Waals surface area contributed by atoms with Gasteiger partial charge < -0.3 is 4.74 Å². The summed E-state index contributed by atoms with van der Waals surface area (Å²) in [5.74, 6) is 1.87. The molecule has 0 amide bonds. The Morgan fingerprint density at radius 3 is 2.81 bits per heavy atom. The Morgan fingerprint density at radius 1 is 1.07 bits per heavy atom. The Bertz CT molecular complexity index is 801. The van der Waals surface area contributed by atoms with E-state index >= 15 is 0 Å². The number of hydrogen-bond donors (Lipinski definition) is 0. The molecule has 2 heteroatoms. The highest BCUT2D eigenvalue weighted by molar-refractivity contribution is 5.45. The summed E-state index contributed by atoms with van der Waals surface area (Å²) in [6.45, 7) is 2.46. The van der Waals surface area contributed by atoms with Gasteiger partial charge in [0.25, 0.3) is 0 Å². The molecule has 0 N–H and O–H groups in total. The van der Waals surface area contributed by atoms with Crippen molar-refractivity contribution in [3.63, 3.8) is 0 Å². The topological polar surface area (TPSA) is 12.5 Å². The van der Waals surface area contributed by atoms with Gasteiger partial charge in [-0.2, -0.15) is 0 Å². The molecule has 3 aliphatic rings. The second-order valence-electron chi connectivity index (χ2n) is 8.82. The van der Waals surface area contributed by atoms with Gasteiger partial charge in [0.1, 0.15) is 5.75 Å². The Balaban J connectivity index is 1.45. The number of methoxy groups -OCH3 is 1. The van der Waals surface area contributed by atoms with Crippen molar-refractivity contribution in [2.75, 3.05) is 20.2 Å². The molecule has 142 valence electrons. The highest BCUT2D eigenvalue weighted by atomic mass is 16.5. The lowest BCUT2D eigenvalue weighted by Crippen LogP contribution is -2.61. The average Bonchev–Trinajstić information content (AvgIpc) is 2.73. The van der Waals surface area contributed by atoms with Gasteiger partial charge in [-0.05, 0) is 73.4 Å². The van der Waals surface area contributed by atoms with Crippen molar-refractivity contribution >= 4 is 0 Å². The first-order valence-corrected chi connectivity index (χ1v) is 10.8. The van der Waals surface area contributed by atoms with Gasteiger partial charge in [0, 0.05) is 18.0 Å². The van der Waals surface area contributed by atoms with Gasteiger partial charge in [0.05, 0.1) is 7.11 Å². The zero-order chi connectivity index (χ0) is 18.3. The second-order valence-corrected chi connectivity index (χ2v) is 8.82. The number of nitrogens with zero attached hydrogens (tertiary/aromatic N) is 1. The van der Waals surface area contributed by atoms with E-state index in [4.69, 9.17) is 4.74 Å². The molecule has 5 rings (SSSR count). The van der Waals surface area contributed by atoms with Crippen molar-refractivity contribution in [1.82, 2.24) is 4.90 Å². The molecule has 27 heavy (non-hydrogen) atoms. The van der Waals surface area contributed by atoms with Crippen molar-refractivity contribution in [2.45, 2.75) is 56.4 Å². The summed E-state index contributed by atoms with van der Waals surface area (Å²) < 4.78 is 5.59. The predicted octanol–water partition coefficient (Wildman–Crippen LogP) is 5.00. The van der Waals surface area contributed by atoms with Crippen LogP contribution in [0.1, 0.15) is 48.8 Å². The van der Waals surface area contributed by atoms with Crippen LogP contribution >= 0.6 is 0 Å². The van der Waals surface area contributed by atoms with E-state index in [1.54, 1.807) is 18.2 Å². The van der Waals surface area contributed by atoms with Crippen LogP contribution in [-0.4, -0.2) is 31.1 Å². The van der Waals surface area contributed by atoms with Crippen LogP contribution in [0.5, 0.6) is 5.75 Å². The van der Waals surface area contributed by atoms with E-state index in [2.05, 4.69) is 53.4 Å². The summed E-state index contributed by atoms with van der Waals surface area (Å²) in [6, 6.07) is 18.6. The van der Waals surface area contributed by atoms with Crippen LogP contribution < -0.4 is 4.74 Å². The molecule has 1 saturated heterocycles. The fourth-order valence-corrected chi connectivity index (χ4v) is 6.39. The molecule has 1 aliphatic heterocycles. The number of piperidine rings is 1. The van der Waals surface area contributed by atoms with Crippen LogP contribution in [0.25, 0.3) is 0 Å². The Labute approximate surface area is 163 Å². The van der Waals surface area contributed by atoms with Crippen LogP contribution in [0, 0.1) is 5.92 Å². The largest absolute Gasteiger partial charge is 0.497 e. The average molecular weight is 362 g/mol. The second kappa shape index (κ2) is 6.98. The molecule has 1 saturated carbocycles. The van der Waals surface area contributed by atoms with Gasteiger partial charge in [-0.25, -0.2) is 0 Å². The zero-order valence-electron chi connectivity index (χ0n) is 16.5. The molecular formula is C25H31NO. The van der Waals surface area contributed by atoms with Crippen molar-refractivity contribution in [1.29, 1.82) is 0 Å². The summed E-state index contributed by atoms with van der Waals surface area (Å²) in [6.07, 6.45) is 9.30. The quantitative estimate of drug-likeness (QED) is 0.760. The molecule has 0 aromatic heterocycles. The van der Waals surface area contributed by atoms with E-state index in [0.29, 0.717) is 5.41 Å². The number of benzene rings is 2. The molecule has 2 aromatic carbocycles. The molecule has 2 bridgehead atoms. The van der Waals surface area contributed by atoms with Crippen LogP contribution in [0.2, 0.25) is 0 Å². The molecule has 3 atom stereocenters. The van der Waals surface area contributed by atoms with Gasteiger partial charge in [-0.15, -0.1) is 0 Å². The molecule has 0 unspecified atom stereocenters. The lowest BCUT2D eigenvalue weighted by atomic mass is 9.52. The van der Waals surface area contributed by atoms with E-state index in [1.165, 1.54) is 63.6 Å². The monoisotopic (exact) mass is 361 g/mol. The number of ether oxygens (including phenoxy) is 1. The van der Waals surface area contributed by atoms with Gasteiger partial charge in [-0.1, -0.05) is 49.2 Å². The first-order valence-electron chi connectivity index (χ1n) is 10.8. The van der Waals surface area contributed by atoms with Crippen molar-refractivity contribution in [3.8, 4) is 5.75 Å². The molecule has 2 fully saturated rings. The summed E-state index contributed by atoms with van der Waals surface area (Å²) in [7, 11) is 1.80. The summed E-state index contributed by atoms with van der Waals surface area (Å²) in [4.78, 5) is 2.83. The van der Waals surface area contributed by atoms with Gasteiger partial charge in [-0.3, -0.25) is 4.90 Å². The predicted molar refractivity (Wildman–Crippen MR) is 110 cm³/mol. The zero-order valence-corrected chi connectivity index (χ0v) is 16.5. The minimum atomic E-state index is 0.411. The molecule has 0 spiro atoms. The third kappa shape index (κ3) is 2.89. The Kier molecular flexibility index (Phi) is 4.47. The minimum Gasteiger partial charge on any atom is -0.497 e. The SMILES string of the molecule is COc1ccc2c(c1)[C@]13CCCC[C@H]1[C@@H](C2)N(CCc1ccccc1)CC3. The van der Waals surface area contributed by atoms with E-state index in [1.807, 2.05) is 0 Å². The normalized spacial score (nSPS) is 29.7. The van der Waals surface area contributed by atoms with Gasteiger partial charge >= 0.3 is 0 Å². The fourth-order valence-electron chi connectivity index (χ4n) is 6.39. The first-order chi connectivity index (χ1) is 13.3. The minimum absolute atomic E-state index is 0.411. The highest BCUT2D eigenvalue weighted by Gasteiger charge is 2.53. The van der Waals surface area contributed by atoms with Crippen LogP contribution in [-0.2, 0) is 18.3 Å². The van der Waals surface area contributed by atoms with Crippen LogP contribution in [0.4, 0.5) is 0 Å². The lowest BCUT2D eigenvalue weighted by Gasteiger charge is -2.59. The first kappa shape index (κ1) is 17.3. The third-order valence-corrected chi connectivity index (χ3v) is 7.69. The van der Waals surface area contributed by atoms with E-state index < -0.39 is 0 Å². The van der Waals surface area contributed by atoms with Gasteiger partial charge in [0.2, 0.25) is 0 Å². The lowest BCUT2D eigenvalue weighted by molar-refractivity contribution is -0.0106. The number of likely N-dealkylation sites (tertiary alicyclic amines) is 1. The van der Waals surface area contributed by atoms with Crippen molar-refractivity contribution in [3.05, 3.63) is 65.2 Å². The molecule has 2 aromatic rings. The summed E-state index contributed by atoms with van der Waals surface area (Å²) in [5, 5.41) is 0. The van der Waals surface area contributed by atoms with E-state index in [0.717, 1.165) is 17.7 Å². The highest BCUT2D eigenvalue weighted by Crippen LogP contribution is 2.56. The van der Waals surface area contributed by atoms with Gasteiger partial charge in [0.15, 0.2) is 0 Å². The maximum Gasteiger partial charge on any atom is 0.119 e. The van der Waals surface area contributed by atoms with Crippen LogP contribution in [0.3, 0.4) is 0 Å². The number of rotatable bonds is 4. The van der Waals surface area contributed by atoms with Crippen molar-refractivity contribution < 1.29 is 4.74 Å². The van der Waals surface area contributed by atoms with E-state index in [-0.39, 0.29) is 0 Å². The van der Waals surface area contributed by atoms with Crippen molar-refractivity contribution in [2.24, 2.45) is 5.92 Å². The Hall–Kier alpha value is -1.80. The van der Waals surface area contributed by atoms with Crippen LogP contribution in [0.15, 0.2) is 48.5 Å². The summed E-state index contributed by atoms with van der Waals surface area (Å²) >= 11 is 0. The number of fused-ring (bicyclic) bond motifs is 1. The molecule has 2 aliphatic carbocycles. The van der Waals surface area contributed by atoms with E-state index in [9.17, 15) is 0 Å². The maximum absolute atomic E-state index is 5.59. The summed E-state index contributed by atoms with van der Waals surface area (Å²) in [5.41, 5.74) is 5.10. The molecule has 0 radical (unpaired) electrons. The molecular weight excluding hydrogens is 330 g/mol. The standard InChI is InChI=1S/C25H31NO/c1-27-21-11-10-20-17-24-22-9-5-6-13-25(22,23(20)18-21)14-16-26(24)15-12-19-7-3-2-4-8-19/h2-4,7-8,10-11,18,22,24H,5-6,9,12-17H2,1H3/t22-,24+,25-/m0/s1. The number of hydrogen-bond acceptors (Lipinski definition) is 2. The smallest absolute Gasteiger partial charge is 0.119 e. The Morgan fingerprint density at radius 2 is 1.96 bits per heavy atom. The molecule has 2 nitrogen and oxygen atoms in total. The molecule has 1 heterocycles.